The molecule has 2 N–H and O–H groups in total. The monoisotopic (exact) mass is 359 g/mol. The number of carbonyl (C=O) groups excluding carboxylic acids is 2. The second kappa shape index (κ2) is 8.84. The number of nitro groups is 1. The van der Waals surface area contributed by atoms with Gasteiger partial charge in [-0.05, 0) is 24.6 Å². The maximum absolute atomic E-state index is 12.0. The number of rotatable bonds is 7. The number of para-hydroxylation sites is 1. The molecule has 7 nitrogen and oxygen atoms in total. The highest BCUT2D eigenvalue weighted by Crippen LogP contribution is 2.22. The van der Waals surface area contributed by atoms with E-state index in [1.807, 2.05) is 18.2 Å². The predicted molar refractivity (Wildman–Crippen MR) is 98.9 cm³/mol. The van der Waals surface area contributed by atoms with Crippen LogP contribution in [-0.2, 0) is 9.59 Å². The molecule has 2 amide bonds. The van der Waals surface area contributed by atoms with Crippen molar-refractivity contribution in [2.24, 2.45) is 0 Å². The van der Waals surface area contributed by atoms with Gasteiger partial charge in [-0.25, -0.2) is 0 Å². The smallest absolute Gasteiger partial charge is 0.271 e. The molecule has 0 aliphatic rings. The van der Waals surface area contributed by atoms with Gasteiger partial charge in [-0.1, -0.05) is 24.3 Å². The number of anilines is 2. The summed E-state index contributed by atoms with van der Waals surface area (Å²) in [5, 5.41) is 16.2. The zero-order chi connectivity index (χ0) is 18.2. The Labute approximate surface area is 149 Å². The van der Waals surface area contributed by atoms with Crippen LogP contribution in [0.15, 0.2) is 48.5 Å². The van der Waals surface area contributed by atoms with Gasteiger partial charge < -0.3 is 10.6 Å². The number of benzene rings is 2. The van der Waals surface area contributed by atoms with Crippen molar-refractivity contribution in [1.82, 2.24) is 0 Å². The normalized spacial score (nSPS) is 10.1. The topological polar surface area (TPSA) is 101 Å². The Morgan fingerprint density at radius 3 is 2.32 bits per heavy atom. The minimum Gasteiger partial charge on any atom is -0.325 e. The molecule has 0 heterocycles. The molecule has 0 saturated heterocycles. The van der Waals surface area contributed by atoms with Crippen molar-refractivity contribution in [3.63, 3.8) is 0 Å². The average Bonchev–Trinajstić information content (AvgIpc) is 2.57. The van der Waals surface area contributed by atoms with Gasteiger partial charge in [0.1, 0.15) is 0 Å². The first kappa shape index (κ1) is 18.5. The van der Waals surface area contributed by atoms with E-state index in [9.17, 15) is 19.7 Å². The zero-order valence-electron chi connectivity index (χ0n) is 13.5. The molecule has 25 heavy (non-hydrogen) atoms. The van der Waals surface area contributed by atoms with Crippen LogP contribution in [0.3, 0.4) is 0 Å². The maximum Gasteiger partial charge on any atom is 0.271 e. The van der Waals surface area contributed by atoms with E-state index in [0.29, 0.717) is 11.4 Å². The summed E-state index contributed by atoms with van der Waals surface area (Å²) in [6, 6.07) is 13.3. The van der Waals surface area contributed by atoms with E-state index in [1.165, 1.54) is 23.9 Å². The van der Waals surface area contributed by atoms with Gasteiger partial charge >= 0.3 is 0 Å². The summed E-state index contributed by atoms with van der Waals surface area (Å²) in [7, 11) is 0. The number of nitrogens with zero attached hydrogens (tertiary/aromatic N) is 1. The van der Waals surface area contributed by atoms with Crippen molar-refractivity contribution >= 4 is 40.6 Å². The molecule has 2 aromatic carbocycles. The van der Waals surface area contributed by atoms with Crippen molar-refractivity contribution in [2.45, 2.75) is 6.92 Å². The fraction of sp³-hybridized carbons (Fsp3) is 0.176. The molecular formula is C17H17N3O4S. The van der Waals surface area contributed by atoms with Crippen LogP contribution >= 0.6 is 11.8 Å². The summed E-state index contributed by atoms with van der Waals surface area (Å²) < 4.78 is 0. The maximum atomic E-state index is 12.0. The second-order valence-corrected chi connectivity index (χ2v) is 6.20. The molecule has 0 aromatic heterocycles. The van der Waals surface area contributed by atoms with Crippen molar-refractivity contribution in [1.29, 1.82) is 0 Å². The van der Waals surface area contributed by atoms with Crippen molar-refractivity contribution in [2.75, 3.05) is 22.1 Å². The molecule has 8 heteroatoms. The van der Waals surface area contributed by atoms with Gasteiger partial charge in [0.2, 0.25) is 11.8 Å². The molecule has 0 unspecified atom stereocenters. The SMILES string of the molecule is Cc1ccc([N+](=O)[O-])cc1NC(=O)CSCC(=O)Nc1ccccc1. The minimum absolute atomic E-state index is 0.0738. The zero-order valence-corrected chi connectivity index (χ0v) is 14.3. The van der Waals surface area contributed by atoms with Crippen LogP contribution in [0.5, 0.6) is 0 Å². The van der Waals surface area contributed by atoms with Crippen LogP contribution < -0.4 is 10.6 Å². The molecular weight excluding hydrogens is 342 g/mol. The fourth-order valence-electron chi connectivity index (χ4n) is 2.00. The number of hydrogen-bond acceptors (Lipinski definition) is 5. The van der Waals surface area contributed by atoms with Crippen LogP contribution in [-0.4, -0.2) is 28.2 Å². The van der Waals surface area contributed by atoms with Crippen molar-refractivity contribution in [3.8, 4) is 0 Å². The Kier molecular flexibility index (Phi) is 6.53. The van der Waals surface area contributed by atoms with Crippen molar-refractivity contribution < 1.29 is 14.5 Å². The lowest BCUT2D eigenvalue weighted by atomic mass is 10.2. The number of non-ortho nitro benzene ring substituents is 1. The van der Waals surface area contributed by atoms with Gasteiger partial charge in [-0.15, -0.1) is 11.8 Å². The highest BCUT2D eigenvalue weighted by molar-refractivity contribution is 8.00. The number of hydrogen-bond donors (Lipinski definition) is 2. The third kappa shape index (κ3) is 5.92. The number of amides is 2. The van der Waals surface area contributed by atoms with E-state index in [2.05, 4.69) is 10.6 Å². The number of thioether (sulfide) groups is 1. The van der Waals surface area contributed by atoms with Crippen molar-refractivity contribution in [3.05, 3.63) is 64.2 Å². The Balaban J connectivity index is 1.80. The molecule has 0 aliphatic carbocycles. The van der Waals surface area contributed by atoms with Gasteiger partial charge in [-0.3, -0.25) is 19.7 Å². The number of aryl methyl sites for hydroxylation is 1. The Hall–Kier alpha value is -2.87. The molecule has 0 spiro atoms. The van der Waals surface area contributed by atoms with Gasteiger partial charge in [0.05, 0.1) is 22.1 Å². The molecule has 0 fully saturated rings. The van der Waals surface area contributed by atoms with Crippen LogP contribution in [0.1, 0.15) is 5.56 Å². The fourth-order valence-corrected chi connectivity index (χ4v) is 2.62. The average molecular weight is 359 g/mol. The number of carbonyl (C=O) groups is 2. The third-order valence-corrected chi connectivity index (χ3v) is 4.16. The molecule has 0 atom stereocenters. The molecule has 2 aromatic rings. The quantitative estimate of drug-likeness (QED) is 0.584. The molecule has 130 valence electrons. The Morgan fingerprint density at radius 1 is 1.04 bits per heavy atom. The minimum atomic E-state index is -0.516. The lowest BCUT2D eigenvalue weighted by Gasteiger charge is -2.08. The van der Waals surface area contributed by atoms with Crippen LogP contribution in [0.2, 0.25) is 0 Å². The van der Waals surface area contributed by atoms with E-state index < -0.39 is 4.92 Å². The standard InChI is InChI=1S/C17H17N3O4S/c1-12-7-8-14(20(23)24)9-15(12)19-17(22)11-25-10-16(21)18-13-5-3-2-4-6-13/h2-9H,10-11H2,1H3,(H,18,21)(H,19,22). The lowest BCUT2D eigenvalue weighted by molar-refractivity contribution is -0.384. The molecule has 0 radical (unpaired) electrons. The van der Waals surface area contributed by atoms with Gasteiger partial charge in [0.25, 0.3) is 5.69 Å². The van der Waals surface area contributed by atoms with E-state index in [-0.39, 0.29) is 29.0 Å². The first-order chi connectivity index (χ1) is 12.0. The van der Waals surface area contributed by atoms with Crippen LogP contribution in [0, 0.1) is 17.0 Å². The molecule has 0 aliphatic heterocycles. The van der Waals surface area contributed by atoms with Gasteiger partial charge in [0.15, 0.2) is 0 Å². The Morgan fingerprint density at radius 2 is 1.68 bits per heavy atom. The van der Waals surface area contributed by atoms with E-state index in [4.69, 9.17) is 0 Å². The predicted octanol–water partition coefficient (Wildman–Crippen LogP) is 3.21. The molecule has 2 rings (SSSR count). The van der Waals surface area contributed by atoms with E-state index >= 15 is 0 Å². The summed E-state index contributed by atoms with van der Waals surface area (Å²) >= 11 is 1.17. The third-order valence-electron chi connectivity index (χ3n) is 3.23. The summed E-state index contributed by atoms with van der Waals surface area (Å²) in [5.74, 6) is -0.308. The lowest BCUT2D eigenvalue weighted by Crippen LogP contribution is -2.18. The highest BCUT2D eigenvalue weighted by atomic mass is 32.2. The second-order valence-electron chi connectivity index (χ2n) is 5.21. The number of nitro benzene ring substituents is 1. The van der Waals surface area contributed by atoms with Crippen LogP contribution in [0.4, 0.5) is 17.1 Å². The molecule has 0 saturated carbocycles. The largest absolute Gasteiger partial charge is 0.325 e. The first-order valence-electron chi connectivity index (χ1n) is 7.43. The van der Waals surface area contributed by atoms with Crippen LogP contribution in [0.25, 0.3) is 0 Å². The van der Waals surface area contributed by atoms with Gasteiger partial charge in [0, 0.05) is 17.8 Å². The number of nitrogens with one attached hydrogen (secondary N) is 2. The first-order valence-corrected chi connectivity index (χ1v) is 8.58. The Bertz CT molecular complexity index is 781. The molecule has 0 bridgehead atoms. The summed E-state index contributed by atoms with van der Waals surface area (Å²) in [6.07, 6.45) is 0. The van der Waals surface area contributed by atoms with E-state index in [0.717, 1.165) is 5.56 Å². The summed E-state index contributed by atoms with van der Waals surface area (Å²) in [5.41, 5.74) is 1.74. The summed E-state index contributed by atoms with van der Waals surface area (Å²) in [6.45, 7) is 1.75. The van der Waals surface area contributed by atoms with Gasteiger partial charge in [-0.2, -0.15) is 0 Å². The summed E-state index contributed by atoms with van der Waals surface area (Å²) in [4.78, 5) is 34.0. The highest BCUT2D eigenvalue weighted by Gasteiger charge is 2.12. The van der Waals surface area contributed by atoms with E-state index in [1.54, 1.807) is 25.1 Å².